The van der Waals surface area contributed by atoms with Crippen LogP contribution in [0.5, 0.6) is 5.75 Å². The molecular weight excluding hydrogens is 500 g/mol. The third kappa shape index (κ3) is 5.76. The van der Waals surface area contributed by atoms with Gasteiger partial charge in [-0.2, -0.15) is 5.26 Å². The van der Waals surface area contributed by atoms with Crippen molar-refractivity contribution in [3.63, 3.8) is 0 Å². The highest BCUT2D eigenvalue weighted by Crippen LogP contribution is 2.41. The zero-order chi connectivity index (χ0) is 27.2. The first kappa shape index (κ1) is 26.6. The van der Waals surface area contributed by atoms with E-state index >= 15 is 0 Å². The Kier molecular flexibility index (Phi) is 8.24. The maximum atomic E-state index is 13.5. The van der Waals surface area contributed by atoms with Crippen LogP contribution in [0.25, 0.3) is 0 Å². The minimum Gasteiger partial charge on any atom is -0.495 e. The van der Waals surface area contributed by atoms with E-state index < -0.39 is 11.8 Å². The van der Waals surface area contributed by atoms with Crippen molar-refractivity contribution in [3.8, 4) is 11.8 Å². The molecule has 0 saturated heterocycles. The van der Waals surface area contributed by atoms with Gasteiger partial charge in [-0.3, -0.25) is 9.59 Å². The summed E-state index contributed by atoms with van der Waals surface area (Å²) < 4.78 is 11.0. The molecule has 0 bridgehead atoms. The summed E-state index contributed by atoms with van der Waals surface area (Å²) in [5.41, 5.74) is 4.51. The molecule has 4 rings (SSSR count). The lowest BCUT2D eigenvalue weighted by molar-refractivity contribution is -0.114. The van der Waals surface area contributed by atoms with Gasteiger partial charge in [0.25, 0.3) is 5.91 Å². The second-order valence-corrected chi connectivity index (χ2v) is 9.76. The predicted octanol–water partition coefficient (Wildman–Crippen LogP) is 5.61. The van der Waals surface area contributed by atoms with Crippen LogP contribution in [0.3, 0.4) is 0 Å². The average Bonchev–Trinajstić information content (AvgIpc) is 3.43. The van der Waals surface area contributed by atoms with Crippen molar-refractivity contribution in [3.05, 3.63) is 99.6 Å². The molecule has 1 aromatic heterocycles. The van der Waals surface area contributed by atoms with E-state index in [0.717, 1.165) is 16.8 Å². The van der Waals surface area contributed by atoms with Crippen molar-refractivity contribution < 1.29 is 18.7 Å². The molecule has 3 N–H and O–H groups in total. The van der Waals surface area contributed by atoms with Gasteiger partial charge < -0.3 is 25.1 Å². The molecule has 0 unspecified atom stereocenters. The van der Waals surface area contributed by atoms with Gasteiger partial charge >= 0.3 is 0 Å². The van der Waals surface area contributed by atoms with Crippen LogP contribution in [0.4, 0.5) is 11.4 Å². The molecule has 2 aromatic carbocycles. The predicted molar refractivity (Wildman–Crippen MR) is 149 cm³/mol. The number of nitriles is 1. The molecule has 1 atom stereocenters. The lowest BCUT2D eigenvalue weighted by Gasteiger charge is -2.28. The summed E-state index contributed by atoms with van der Waals surface area (Å²) in [6, 6.07) is 18.6. The fraction of sp³-hybridized carbons (Fsp3) is 0.207. The number of methoxy groups -OCH3 is 1. The molecule has 3 aromatic rings. The van der Waals surface area contributed by atoms with Gasteiger partial charge in [-0.15, -0.1) is 0 Å². The quantitative estimate of drug-likeness (QED) is 0.348. The Bertz CT molecular complexity index is 1470. The van der Waals surface area contributed by atoms with Gasteiger partial charge in [0, 0.05) is 11.4 Å². The van der Waals surface area contributed by atoms with Crippen LogP contribution in [0, 0.1) is 25.2 Å². The topological polar surface area (TPSA) is 116 Å². The summed E-state index contributed by atoms with van der Waals surface area (Å²) in [5, 5.41) is 19.7. The number of ether oxygens (including phenoxy) is 1. The van der Waals surface area contributed by atoms with E-state index in [0.29, 0.717) is 39.1 Å². The van der Waals surface area contributed by atoms with E-state index in [4.69, 9.17) is 9.15 Å². The summed E-state index contributed by atoms with van der Waals surface area (Å²) in [7, 11) is 1.53. The highest BCUT2D eigenvalue weighted by molar-refractivity contribution is 8.03. The smallest absolute Gasteiger partial charge is 0.254 e. The van der Waals surface area contributed by atoms with E-state index in [1.54, 1.807) is 37.3 Å². The maximum Gasteiger partial charge on any atom is 0.254 e. The van der Waals surface area contributed by atoms with Gasteiger partial charge in [0.1, 0.15) is 11.5 Å². The van der Waals surface area contributed by atoms with Crippen molar-refractivity contribution in [1.82, 2.24) is 5.32 Å². The number of dihydropyridines is 1. The zero-order valence-corrected chi connectivity index (χ0v) is 22.4. The van der Waals surface area contributed by atoms with Gasteiger partial charge in [0.2, 0.25) is 5.91 Å². The molecule has 1 aliphatic heterocycles. The third-order valence-electron chi connectivity index (χ3n) is 6.08. The normalized spacial score (nSPS) is 15.0. The Hall–Kier alpha value is -4.42. The maximum absolute atomic E-state index is 13.5. The van der Waals surface area contributed by atoms with Crippen molar-refractivity contribution in [2.24, 2.45) is 0 Å². The van der Waals surface area contributed by atoms with Crippen LogP contribution in [-0.4, -0.2) is 24.7 Å². The lowest BCUT2D eigenvalue weighted by Crippen LogP contribution is -2.31. The fourth-order valence-corrected chi connectivity index (χ4v) is 5.17. The number of allylic oxidation sites excluding steroid dienone is 2. The third-order valence-corrected chi connectivity index (χ3v) is 7.10. The zero-order valence-electron chi connectivity index (χ0n) is 21.5. The minimum absolute atomic E-state index is 0.0712. The number of aryl methyl sites for hydroxylation is 2. The van der Waals surface area contributed by atoms with Crippen LogP contribution >= 0.6 is 11.8 Å². The number of hydrogen-bond donors (Lipinski definition) is 3. The number of nitrogens with one attached hydrogen (secondary N) is 3. The van der Waals surface area contributed by atoms with E-state index in [2.05, 4.69) is 22.0 Å². The number of carbonyl (C=O) groups excluding carboxylic acids is 2. The number of hydrogen-bond acceptors (Lipinski definition) is 7. The molecule has 0 spiro atoms. The summed E-state index contributed by atoms with van der Waals surface area (Å²) in [4.78, 5) is 26.3. The Morgan fingerprint density at radius 3 is 2.55 bits per heavy atom. The number of para-hydroxylation sites is 2. The number of carbonyl (C=O) groups is 2. The summed E-state index contributed by atoms with van der Waals surface area (Å²) in [5.74, 6) is -0.322. The van der Waals surface area contributed by atoms with Gasteiger partial charge in [0.05, 0.1) is 53.0 Å². The molecule has 0 radical (unpaired) electrons. The largest absolute Gasteiger partial charge is 0.495 e. The highest BCUT2D eigenvalue weighted by atomic mass is 32.2. The molecule has 0 aliphatic carbocycles. The molecule has 38 heavy (non-hydrogen) atoms. The Labute approximate surface area is 225 Å². The van der Waals surface area contributed by atoms with Crippen LogP contribution in [0.2, 0.25) is 0 Å². The number of thioether (sulfide) groups is 1. The van der Waals surface area contributed by atoms with Crippen LogP contribution in [-0.2, 0) is 9.59 Å². The first-order valence-electron chi connectivity index (χ1n) is 11.9. The fourth-order valence-electron chi connectivity index (χ4n) is 4.28. The minimum atomic E-state index is -0.754. The van der Waals surface area contributed by atoms with E-state index in [-0.39, 0.29) is 11.7 Å². The first-order chi connectivity index (χ1) is 18.3. The lowest BCUT2D eigenvalue weighted by atomic mass is 9.85. The van der Waals surface area contributed by atoms with Crippen molar-refractivity contribution in [1.29, 1.82) is 5.26 Å². The Morgan fingerprint density at radius 2 is 1.87 bits per heavy atom. The van der Waals surface area contributed by atoms with E-state index in [1.807, 2.05) is 38.1 Å². The molecule has 1 aliphatic rings. The molecule has 2 heterocycles. The second kappa shape index (κ2) is 11.8. The Morgan fingerprint density at radius 1 is 1.08 bits per heavy atom. The number of rotatable bonds is 8. The SMILES string of the molecule is COc1ccccc1NC(=O)C1=C(C)NC(SCC(=O)Nc2ccc(C)cc2C)=C(C#N)[C@H]1c1ccco1. The molecule has 2 amide bonds. The first-order valence-corrected chi connectivity index (χ1v) is 12.9. The monoisotopic (exact) mass is 528 g/mol. The molecule has 8 nitrogen and oxygen atoms in total. The van der Waals surface area contributed by atoms with Crippen molar-refractivity contribution >= 4 is 35.0 Å². The van der Waals surface area contributed by atoms with Gasteiger partial charge in [0.15, 0.2) is 0 Å². The number of amides is 2. The molecule has 0 saturated carbocycles. The summed E-state index contributed by atoms with van der Waals surface area (Å²) in [6.07, 6.45) is 1.50. The average molecular weight is 529 g/mol. The molecule has 9 heteroatoms. The van der Waals surface area contributed by atoms with Crippen LogP contribution < -0.4 is 20.7 Å². The van der Waals surface area contributed by atoms with Gasteiger partial charge in [-0.1, -0.05) is 41.6 Å². The van der Waals surface area contributed by atoms with Gasteiger partial charge in [-0.05, 0) is 56.7 Å². The summed E-state index contributed by atoms with van der Waals surface area (Å²) >= 11 is 1.20. The molecular formula is C29H28N4O4S. The van der Waals surface area contributed by atoms with E-state index in [1.165, 1.54) is 25.1 Å². The number of furan rings is 1. The summed E-state index contributed by atoms with van der Waals surface area (Å²) in [6.45, 7) is 5.70. The standard InChI is InChI=1S/C29H28N4O4S/c1-17-11-12-21(18(2)14-17)32-25(34)16-38-29-20(15-30)27(24-10-7-13-37-24)26(19(3)31-29)28(35)33-22-8-5-6-9-23(22)36-4/h5-14,27,31H,16H2,1-4H3,(H,32,34)(H,33,35)/t27-/m0/s1. The number of benzene rings is 2. The second-order valence-electron chi connectivity index (χ2n) is 8.78. The number of anilines is 2. The van der Waals surface area contributed by atoms with Crippen LogP contribution in [0.1, 0.15) is 29.7 Å². The molecule has 0 fully saturated rings. The van der Waals surface area contributed by atoms with E-state index in [9.17, 15) is 14.9 Å². The molecule has 194 valence electrons. The van der Waals surface area contributed by atoms with Crippen molar-refractivity contribution in [2.45, 2.75) is 26.7 Å². The van der Waals surface area contributed by atoms with Gasteiger partial charge in [-0.25, -0.2) is 0 Å². The van der Waals surface area contributed by atoms with Crippen molar-refractivity contribution in [2.75, 3.05) is 23.5 Å². The highest BCUT2D eigenvalue weighted by Gasteiger charge is 2.36. The number of nitrogens with zero attached hydrogens (tertiary/aromatic N) is 1. The Balaban J connectivity index is 1.59. The van der Waals surface area contributed by atoms with Crippen LogP contribution in [0.15, 0.2) is 87.1 Å².